The Balaban J connectivity index is 1.73. The number of hydrogen-bond donors (Lipinski definition) is 3. The molecule has 3 rings (SSSR count). The first-order valence-corrected chi connectivity index (χ1v) is 9.18. The highest BCUT2D eigenvalue weighted by Crippen LogP contribution is 2.27. The van der Waals surface area contributed by atoms with Crippen LogP contribution >= 0.6 is 11.6 Å². The Morgan fingerprint density at radius 3 is 2.42 bits per heavy atom. The SMILES string of the molecule is N=C(/C=C(\Nc1ccc(NC(=O)c2cccc(Cl)c2)cn1)C(F)(F)F)c1cccnc1. The highest BCUT2D eigenvalue weighted by molar-refractivity contribution is 6.31. The van der Waals surface area contributed by atoms with Crippen LogP contribution in [0.1, 0.15) is 15.9 Å². The van der Waals surface area contributed by atoms with Gasteiger partial charge in [0, 0.05) is 28.5 Å². The number of pyridine rings is 2. The lowest BCUT2D eigenvalue weighted by Gasteiger charge is -2.14. The van der Waals surface area contributed by atoms with E-state index in [0.717, 1.165) is 0 Å². The van der Waals surface area contributed by atoms with E-state index in [9.17, 15) is 18.0 Å². The van der Waals surface area contributed by atoms with E-state index in [4.69, 9.17) is 17.0 Å². The van der Waals surface area contributed by atoms with Crippen LogP contribution in [0.2, 0.25) is 5.02 Å². The van der Waals surface area contributed by atoms with Crippen molar-refractivity contribution >= 4 is 34.7 Å². The molecule has 158 valence electrons. The number of halogens is 4. The molecule has 10 heteroatoms. The highest BCUT2D eigenvalue weighted by atomic mass is 35.5. The molecule has 3 N–H and O–H groups in total. The normalized spacial score (nSPS) is 11.7. The lowest BCUT2D eigenvalue weighted by molar-refractivity contribution is -0.0901. The number of rotatable bonds is 6. The van der Waals surface area contributed by atoms with Crippen molar-refractivity contribution in [2.45, 2.75) is 6.18 Å². The summed E-state index contributed by atoms with van der Waals surface area (Å²) in [6.07, 6.45) is -0.114. The van der Waals surface area contributed by atoms with E-state index in [-0.39, 0.29) is 22.8 Å². The number of benzene rings is 1. The fraction of sp³-hybridized carbons (Fsp3) is 0.0476. The summed E-state index contributed by atoms with van der Waals surface area (Å²) in [5, 5.41) is 13.0. The van der Waals surface area contributed by atoms with Crippen LogP contribution in [0, 0.1) is 5.41 Å². The zero-order valence-electron chi connectivity index (χ0n) is 15.7. The van der Waals surface area contributed by atoms with Gasteiger partial charge in [0.25, 0.3) is 5.91 Å². The molecule has 0 aliphatic heterocycles. The predicted octanol–water partition coefficient (Wildman–Crippen LogP) is 5.31. The third-order valence-corrected chi connectivity index (χ3v) is 4.17. The van der Waals surface area contributed by atoms with Gasteiger partial charge in [0.1, 0.15) is 11.5 Å². The van der Waals surface area contributed by atoms with Gasteiger partial charge in [0.2, 0.25) is 0 Å². The molecule has 2 aromatic heterocycles. The fourth-order valence-corrected chi connectivity index (χ4v) is 2.64. The molecule has 0 aliphatic rings. The number of aromatic nitrogens is 2. The number of nitrogens with zero attached hydrogens (tertiary/aromatic N) is 2. The summed E-state index contributed by atoms with van der Waals surface area (Å²) in [4.78, 5) is 19.9. The van der Waals surface area contributed by atoms with Gasteiger partial charge >= 0.3 is 6.18 Å². The molecule has 0 aliphatic carbocycles. The summed E-state index contributed by atoms with van der Waals surface area (Å²) in [7, 11) is 0. The molecular weight excluding hydrogens is 431 g/mol. The predicted molar refractivity (Wildman–Crippen MR) is 112 cm³/mol. The number of nitrogens with one attached hydrogen (secondary N) is 3. The molecule has 2 heterocycles. The van der Waals surface area contributed by atoms with Crippen molar-refractivity contribution < 1.29 is 18.0 Å². The van der Waals surface area contributed by atoms with Crippen LogP contribution < -0.4 is 10.6 Å². The molecule has 0 fully saturated rings. The Morgan fingerprint density at radius 1 is 1.03 bits per heavy atom. The molecule has 1 aromatic carbocycles. The molecule has 1 amide bonds. The van der Waals surface area contributed by atoms with Gasteiger partial charge in [-0.2, -0.15) is 13.2 Å². The number of allylic oxidation sites excluding steroid dienone is 2. The number of hydrogen-bond acceptors (Lipinski definition) is 5. The average molecular weight is 446 g/mol. The largest absolute Gasteiger partial charge is 0.431 e. The minimum Gasteiger partial charge on any atom is -0.336 e. The standard InChI is InChI=1S/C21H15ClF3N5O/c22-15-5-1-3-13(9-15)20(31)29-16-6-7-19(28-12-16)30-18(21(23,24)25)10-17(26)14-4-2-8-27-11-14/h1-12,26H,(H,28,30)(H,29,31)/b18-10-,26-17?. The van der Waals surface area contributed by atoms with Crippen molar-refractivity contribution in [3.8, 4) is 0 Å². The first-order valence-electron chi connectivity index (χ1n) is 8.80. The third-order valence-electron chi connectivity index (χ3n) is 3.94. The minimum absolute atomic E-state index is 0.108. The Kier molecular flexibility index (Phi) is 6.66. The highest BCUT2D eigenvalue weighted by Gasteiger charge is 2.34. The zero-order chi connectivity index (χ0) is 22.4. The maximum atomic E-state index is 13.4. The van der Waals surface area contributed by atoms with Crippen molar-refractivity contribution in [3.63, 3.8) is 0 Å². The molecule has 31 heavy (non-hydrogen) atoms. The molecule has 3 aromatic rings. The quantitative estimate of drug-likeness (QED) is 0.448. The topological polar surface area (TPSA) is 90.8 Å². The molecule has 0 saturated carbocycles. The smallest absolute Gasteiger partial charge is 0.336 e. The molecular formula is C21H15ClF3N5O. The van der Waals surface area contributed by atoms with Gasteiger partial charge in [-0.05, 0) is 48.5 Å². The summed E-state index contributed by atoms with van der Waals surface area (Å²) in [6.45, 7) is 0. The average Bonchev–Trinajstić information content (AvgIpc) is 2.74. The van der Waals surface area contributed by atoms with Crippen LogP contribution in [0.25, 0.3) is 0 Å². The second-order valence-electron chi connectivity index (χ2n) is 6.23. The van der Waals surface area contributed by atoms with E-state index in [1.54, 1.807) is 18.2 Å². The first-order chi connectivity index (χ1) is 14.7. The van der Waals surface area contributed by atoms with E-state index in [1.165, 1.54) is 48.9 Å². The number of anilines is 2. The maximum Gasteiger partial charge on any atom is 0.431 e. The van der Waals surface area contributed by atoms with Crippen molar-refractivity contribution in [2.75, 3.05) is 10.6 Å². The van der Waals surface area contributed by atoms with E-state index in [0.29, 0.717) is 16.7 Å². The van der Waals surface area contributed by atoms with Crippen LogP contribution in [0.3, 0.4) is 0 Å². The van der Waals surface area contributed by atoms with E-state index in [1.807, 2.05) is 0 Å². The lowest BCUT2D eigenvalue weighted by atomic mass is 10.1. The van der Waals surface area contributed by atoms with Gasteiger partial charge in [-0.3, -0.25) is 9.78 Å². The van der Waals surface area contributed by atoms with Crippen molar-refractivity contribution in [1.82, 2.24) is 9.97 Å². The molecule has 0 saturated heterocycles. The summed E-state index contributed by atoms with van der Waals surface area (Å²) in [5.41, 5.74) is -0.678. The fourth-order valence-electron chi connectivity index (χ4n) is 2.45. The number of amides is 1. The third kappa shape index (κ3) is 6.13. The van der Waals surface area contributed by atoms with Crippen LogP contribution in [0.4, 0.5) is 24.7 Å². The minimum atomic E-state index is -4.74. The van der Waals surface area contributed by atoms with Gasteiger partial charge in [0.15, 0.2) is 0 Å². The molecule has 6 nitrogen and oxygen atoms in total. The number of alkyl halides is 3. The summed E-state index contributed by atoms with van der Waals surface area (Å²) < 4.78 is 40.2. The Morgan fingerprint density at radius 2 is 1.81 bits per heavy atom. The first kappa shape index (κ1) is 22.0. The number of carbonyl (C=O) groups is 1. The van der Waals surface area contributed by atoms with Crippen LogP contribution in [-0.4, -0.2) is 27.8 Å². The van der Waals surface area contributed by atoms with Gasteiger partial charge in [0.05, 0.1) is 17.6 Å². The van der Waals surface area contributed by atoms with Gasteiger partial charge < -0.3 is 16.0 Å². The molecule has 0 unspecified atom stereocenters. The summed E-state index contributed by atoms with van der Waals surface area (Å²) >= 11 is 5.86. The van der Waals surface area contributed by atoms with Crippen LogP contribution in [0.15, 0.2) is 78.9 Å². The summed E-state index contributed by atoms with van der Waals surface area (Å²) in [6, 6.07) is 12.0. The van der Waals surface area contributed by atoms with Gasteiger partial charge in [-0.1, -0.05) is 17.7 Å². The van der Waals surface area contributed by atoms with Gasteiger partial charge in [-0.15, -0.1) is 0 Å². The number of carbonyl (C=O) groups excluding carboxylic acids is 1. The van der Waals surface area contributed by atoms with Gasteiger partial charge in [-0.25, -0.2) is 4.98 Å². The second kappa shape index (κ2) is 9.40. The lowest BCUT2D eigenvalue weighted by Crippen LogP contribution is -2.21. The molecule has 0 atom stereocenters. The molecule has 0 bridgehead atoms. The maximum absolute atomic E-state index is 13.4. The van der Waals surface area contributed by atoms with Crippen molar-refractivity contribution in [3.05, 3.63) is 95.0 Å². The Labute approximate surface area is 180 Å². The van der Waals surface area contributed by atoms with Crippen LogP contribution in [-0.2, 0) is 0 Å². The second-order valence-corrected chi connectivity index (χ2v) is 6.67. The molecule has 0 spiro atoms. The van der Waals surface area contributed by atoms with E-state index in [2.05, 4.69) is 20.6 Å². The monoisotopic (exact) mass is 445 g/mol. The Bertz CT molecular complexity index is 1120. The molecule has 0 radical (unpaired) electrons. The van der Waals surface area contributed by atoms with Crippen molar-refractivity contribution in [2.24, 2.45) is 0 Å². The summed E-state index contributed by atoms with van der Waals surface area (Å²) in [5.74, 6) is -0.547. The zero-order valence-corrected chi connectivity index (χ0v) is 16.5. The van der Waals surface area contributed by atoms with E-state index >= 15 is 0 Å². The van der Waals surface area contributed by atoms with Crippen molar-refractivity contribution in [1.29, 1.82) is 5.41 Å². The Hall–Kier alpha value is -3.72. The van der Waals surface area contributed by atoms with E-state index < -0.39 is 17.8 Å². The van der Waals surface area contributed by atoms with Crippen LogP contribution in [0.5, 0.6) is 0 Å².